The lowest BCUT2D eigenvalue weighted by Crippen LogP contribution is -2.70. The fourth-order valence-corrected chi connectivity index (χ4v) is 6.41. The lowest BCUT2D eigenvalue weighted by molar-refractivity contribution is -0.440. The summed E-state index contributed by atoms with van der Waals surface area (Å²) in [4.78, 5) is 38.5. The standard InChI is InChI=1S/C47H68ClF13O13/c1-2-35(40(64)74-34-19-42(49,50)43(51,52)44(53,54)45(55,56)46(57,58)47(59,60)61)11-12-36(41(65)73-32-4-3-31-71-38-16-14-37(48)15-17-38)13-18-39(63)72-33-10-30-70-29-9-28-69-27-8-26-68-25-7-24-67-23-6-22-66-21-5-20-62/h14-17,35-36,62H,2-13,18-34H2,1H3. The molecule has 0 aromatic heterocycles. The molecular formula is C47H68ClF13O13. The number of unbranched alkanes of at least 4 members (excludes halogenated alkanes) is 1. The van der Waals surface area contributed by atoms with Crippen molar-refractivity contribution in [1.82, 2.24) is 0 Å². The Morgan fingerprint density at radius 3 is 1.36 bits per heavy atom. The second kappa shape index (κ2) is 35.8. The molecule has 74 heavy (non-hydrogen) atoms. The van der Waals surface area contributed by atoms with Gasteiger partial charge in [-0.15, -0.1) is 0 Å². The molecule has 1 aromatic rings. The molecule has 1 aromatic carbocycles. The highest BCUT2D eigenvalue weighted by atomic mass is 35.5. The molecule has 0 heterocycles. The summed E-state index contributed by atoms with van der Waals surface area (Å²) >= 11 is 5.85. The van der Waals surface area contributed by atoms with E-state index in [9.17, 15) is 71.5 Å². The van der Waals surface area contributed by atoms with Gasteiger partial charge < -0.3 is 47.7 Å². The van der Waals surface area contributed by atoms with Gasteiger partial charge in [0.25, 0.3) is 0 Å². The van der Waals surface area contributed by atoms with Crippen LogP contribution in [0.1, 0.15) is 96.8 Å². The first kappa shape index (κ1) is 68.6. The van der Waals surface area contributed by atoms with Crippen LogP contribution in [0.15, 0.2) is 24.3 Å². The van der Waals surface area contributed by atoms with Gasteiger partial charge in [0.2, 0.25) is 0 Å². The molecule has 27 heteroatoms. The van der Waals surface area contributed by atoms with Crippen molar-refractivity contribution in [2.24, 2.45) is 11.8 Å². The van der Waals surface area contributed by atoms with Crippen LogP contribution >= 0.6 is 11.6 Å². The number of aliphatic hydroxyl groups excluding tert-OH is 1. The number of esters is 3. The number of hydrogen-bond donors (Lipinski definition) is 1. The van der Waals surface area contributed by atoms with E-state index in [0.717, 1.165) is 12.8 Å². The van der Waals surface area contributed by atoms with Crippen molar-refractivity contribution in [3.8, 4) is 5.75 Å². The van der Waals surface area contributed by atoms with Crippen LogP contribution in [0.4, 0.5) is 57.1 Å². The maximum Gasteiger partial charge on any atom is 0.460 e. The van der Waals surface area contributed by atoms with E-state index in [0.29, 0.717) is 109 Å². The molecule has 0 radical (unpaired) electrons. The number of halogens is 14. The molecule has 0 aliphatic heterocycles. The number of aliphatic hydroxyl groups is 1. The highest BCUT2D eigenvalue weighted by molar-refractivity contribution is 6.30. The summed E-state index contributed by atoms with van der Waals surface area (Å²) in [5, 5.41) is 9.19. The Balaban J connectivity index is 2.58. The number of benzene rings is 1. The fraction of sp³-hybridized carbons (Fsp3) is 0.809. The average Bonchev–Trinajstić information content (AvgIpc) is 3.33. The summed E-state index contributed by atoms with van der Waals surface area (Å²) in [6.07, 6.45) is -6.90. The number of carbonyl (C=O) groups excluding carboxylic acids is 3. The molecule has 0 spiro atoms. The summed E-state index contributed by atoms with van der Waals surface area (Å²) in [5.41, 5.74) is 0. The lowest BCUT2D eigenvalue weighted by Gasteiger charge is -2.39. The van der Waals surface area contributed by atoms with Gasteiger partial charge in [-0.05, 0) is 94.9 Å². The third-order valence-corrected chi connectivity index (χ3v) is 10.9. The van der Waals surface area contributed by atoms with Gasteiger partial charge in [-0.2, -0.15) is 57.1 Å². The molecule has 0 bridgehead atoms. The Morgan fingerprint density at radius 1 is 0.486 bits per heavy atom. The molecule has 0 saturated carbocycles. The molecule has 1 N–H and O–H groups in total. The predicted octanol–water partition coefficient (Wildman–Crippen LogP) is 10.9. The van der Waals surface area contributed by atoms with Gasteiger partial charge in [0.15, 0.2) is 0 Å². The Labute approximate surface area is 426 Å². The maximum atomic E-state index is 14.3. The first-order valence-corrected chi connectivity index (χ1v) is 24.5. The van der Waals surface area contributed by atoms with Crippen LogP contribution in [-0.4, -0.2) is 158 Å². The minimum absolute atomic E-state index is 0.0371. The Bertz CT molecular complexity index is 1680. The topological polar surface area (TPSA) is 155 Å². The van der Waals surface area contributed by atoms with Crippen LogP contribution in [0.3, 0.4) is 0 Å². The zero-order valence-electron chi connectivity index (χ0n) is 41.1. The smallest absolute Gasteiger partial charge is 0.460 e. The molecule has 2 atom stereocenters. The highest BCUT2D eigenvalue weighted by Gasteiger charge is 2.90. The van der Waals surface area contributed by atoms with Crippen molar-refractivity contribution in [3.05, 3.63) is 29.3 Å². The van der Waals surface area contributed by atoms with Gasteiger partial charge in [-0.3, -0.25) is 14.4 Å². The summed E-state index contributed by atoms with van der Waals surface area (Å²) in [7, 11) is 0. The van der Waals surface area contributed by atoms with Gasteiger partial charge in [0.1, 0.15) is 5.75 Å². The third kappa shape index (κ3) is 24.7. The van der Waals surface area contributed by atoms with Crippen molar-refractivity contribution in [2.45, 2.75) is 133 Å². The Kier molecular flexibility index (Phi) is 33.2. The van der Waals surface area contributed by atoms with E-state index < -0.39 is 78.6 Å². The minimum Gasteiger partial charge on any atom is -0.494 e. The van der Waals surface area contributed by atoms with E-state index in [-0.39, 0.29) is 65.1 Å². The molecule has 432 valence electrons. The monoisotopic (exact) mass is 1120 g/mol. The van der Waals surface area contributed by atoms with E-state index in [2.05, 4.69) is 4.74 Å². The molecule has 13 nitrogen and oxygen atoms in total. The summed E-state index contributed by atoms with van der Waals surface area (Å²) in [6.45, 7) is 4.65. The van der Waals surface area contributed by atoms with E-state index in [1.165, 1.54) is 6.92 Å². The normalized spacial score (nSPS) is 13.7. The van der Waals surface area contributed by atoms with Gasteiger partial charge in [-0.1, -0.05) is 18.5 Å². The number of rotatable bonds is 45. The molecule has 0 aliphatic rings. The van der Waals surface area contributed by atoms with Crippen molar-refractivity contribution in [3.63, 3.8) is 0 Å². The van der Waals surface area contributed by atoms with Crippen LogP contribution in [0.5, 0.6) is 5.75 Å². The Morgan fingerprint density at radius 2 is 0.892 bits per heavy atom. The van der Waals surface area contributed by atoms with Gasteiger partial charge in [0.05, 0.1) is 44.7 Å². The molecule has 0 fully saturated rings. The highest BCUT2D eigenvalue weighted by Crippen LogP contribution is 2.60. The van der Waals surface area contributed by atoms with Gasteiger partial charge >= 0.3 is 53.7 Å². The first-order valence-electron chi connectivity index (χ1n) is 24.1. The minimum atomic E-state index is -8.06. The maximum absolute atomic E-state index is 14.3. The molecule has 0 aliphatic carbocycles. The van der Waals surface area contributed by atoms with Crippen LogP contribution in [0.25, 0.3) is 0 Å². The molecule has 0 saturated heterocycles. The molecule has 1 rings (SSSR count). The fourth-order valence-electron chi connectivity index (χ4n) is 6.28. The van der Waals surface area contributed by atoms with Gasteiger partial charge in [0, 0.05) is 90.5 Å². The summed E-state index contributed by atoms with van der Waals surface area (Å²) in [5.74, 6) is -42.7. The predicted molar refractivity (Wildman–Crippen MR) is 239 cm³/mol. The summed E-state index contributed by atoms with van der Waals surface area (Å²) in [6, 6.07) is 6.53. The first-order chi connectivity index (χ1) is 34.8. The van der Waals surface area contributed by atoms with Crippen molar-refractivity contribution in [1.29, 1.82) is 0 Å². The van der Waals surface area contributed by atoms with E-state index >= 15 is 0 Å². The summed E-state index contributed by atoms with van der Waals surface area (Å²) < 4.78 is 223. The van der Waals surface area contributed by atoms with Crippen molar-refractivity contribution in [2.75, 3.05) is 99.1 Å². The van der Waals surface area contributed by atoms with Crippen LogP contribution in [0, 0.1) is 11.8 Å². The average molecular weight is 1120 g/mol. The largest absolute Gasteiger partial charge is 0.494 e. The second-order valence-corrected chi connectivity index (χ2v) is 17.1. The number of ether oxygens (including phenoxy) is 9. The zero-order valence-corrected chi connectivity index (χ0v) is 41.9. The zero-order chi connectivity index (χ0) is 55.7. The third-order valence-electron chi connectivity index (χ3n) is 10.7. The molecule has 2 unspecified atom stereocenters. The van der Waals surface area contributed by atoms with Crippen molar-refractivity contribution >= 4 is 29.5 Å². The van der Waals surface area contributed by atoms with E-state index in [1.807, 2.05) is 0 Å². The second-order valence-electron chi connectivity index (χ2n) is 16.6. The van der Waals surface area contributed by atoms with Crippen molar-refractivity contribution < 1.29 is 119 Å². The SMILES string of the molecule is CCC(CCC(CCC(=O)OCCCOCCCOCCCOCCCOCCCOCCCO)C(=O)OCCCCOc1ccc(Cl)cc1)C(=O)OCCC(F)(F)C(F)(F)C(F)(F)C(F)(F)C(F)(F)C(F)(F)F. The number of carbonyl (C=O) groups is 3. The number of hydrogen-bond acceptors (Lipinski definition) is 13. The molecular weight excluding hydrogens is 1050 g/mol. The van der Waals surface area contributed by atoms with Gasteiger partial charge in [-0.25, -0.2) is 0 Å². The Hall–Kier alpha value is -3.43. The molecule has 0 amide bonds. The van der Waals surface area contributed by atoms with Crippen LogP contribution in [-0.2, 0) is 52.3 Å². The quantitative estimate of drug-likeness (QED) is 0.0285. The van der Waals surface area contributed by atoms with Crippen LogP contribution < -0.4 is 4.74 Å². The van der Waals surface area contributed by atoms with E-state index in [1.54, 1.807) is 24.3 Å². The van der Waals surface area contributed by atoms with Crippen LogP contribution in [0.2, 0.25) is 5.02 Å². The number of alkyl halides is 13. The lowest BCUT2D eigenvalue weighted by atomic mass is 9.91. The van der Waals surface area contributed by atoms with E-state index in [4.69, 9.17) is 54.6 Å².